The summed E-state index contributed by atoms with van der Waals surface area (Å²) in [5, 5.41) is 0. The molecule has 84 heavy (non-hydrogen) atoms. The van der Waals surface area contributed by atoms with Crippen LogP contribution >= 0.6 is 21.6 Å². The molecule has 0 aromatic carbocycles. The minimum absolute atomic E-state index is 0.128. The Labute approximate surface area is 533 Å². The van der Waals surface area contributed by atoms with Gasteiger partial charge in [0.25, 0.3) is 0 Å². The molecule has 0 spiro atoms. The molecule has 0 aliphatic rings. The summed E-state index contributed by atoms with van der Waals surface area (Å²) in [5.74, 6) is 1.89. The van der Waals surface area contributed by atoms with Gasteiger partial charge in [-0.2, -0.15) is 0 Å². The Hall–Kier alpha value is -1.54. The van der Waals surface area contributed by atoms with Crippen LogP contribution in [0, 0.1) is 0 Å². The van der Waals surface area contributed by atoms with E-state index in [1.807, 2.05) is 21.6 Å². The van der Waals surface area contributed by atoms with Gasteiger partial charge in [0.05, 0.1) is 25.4 Å². The molecular formula is C78H142O4S2. The third-order valence-corrected chi connectivity index (χ3v) is 18.1. The number of unbranched alkanes of at least 4 members (excludes halogenated alkanes) is 36. The zero-order valence-electron chi connectivity index (χ0n) is 56.4. The van der Waals surface area contributed by atoms with Crippen molar-refractivity contribution in [1.29, 1.82) is 0 Å². The van der Waals surface area contributed by atoms with E-state index in [-0.39, 0.29) is 12.2 Å². The van der Waals surface area contributed by atoms with Crippen LogP contribution < -0.4 is 0 Å². The van der Waals surface area contributed by atoms with Crippen LogP contribution in [0.3, 0.4) is 0 Å². The maximum absolute atomic E-state index is 6.59. The molecule has 0 saturated heterocycles. The molecule has 0 rings (SSSR count). The van der Waals surface area contributed by atoms with Gasteiger partial charge in [0.2, 0.25) is 0 Å². The van der Waals surface area contributed by atoms with Crippen molar-refractivity contribution in [1.82, 2.24) is 0 Å². The first-order chi connectivity index (χ1) is 41.8. The molecule has 0 heterocycles. The first-order valence-electron chi connectivity index (χ1n) is 36.6. The predicted molar refractivity (Wildman–Crippen MR) is 383 cm³/mol. The Bertz CT molecular complexity index is 1360. The van der Waals surface area contributed by atoms with Crippen LogP contribution in [0.2, 0.25) is 0 Å². The van der Waals surface area contributed by atoms with Crippen molar-refractivity contribution in [2.75, 3.05) is 51.1 Å². The topological polar surface area (TPSA) is 36.9 Å². The molecule has 0 radical (unpaired) electrons. The Morgan fingerprint density at radius 3 is 0.667 bits per heavy atom. The van der Waals surface area contributed by atoms with Crippen molar-refractivity contribution in [3.05, 3.63) is 97.2 Å². The first kappa shape index (κ1) is 82.5. The van der Waals surface area contributed by atoms with Crippen molar-refractivity contribution in [3.63, 3.8) is 0 Å². The lowest BCUT2D eigenvalue weighted by atomic mass is 10.1. The number of rotatable bonds is 71. The molecule has 0 fully saturated rings. The Morgan fingerprint density at radius 1 is 0.226 bits per heavy atom. The number of allylic oxidation sites excluding steroid dienone is 16. The molecule has 0 bridgehead atoms. The van der Waals surface area contributed by atoms with Crippen molar-refractivity contribution in [2.45, 2.75) is 348 Å². The van der Waals surface area contributed by atoms with Crippen LogP contribution in [0.5, 0.6) is 0 Å². The lowest BCUT2D eigenvalue weighted by Crippen LogP contribution is -2.25. The second kappa shape index (κ2) is 77.6. The maximum atomic E-state index is 6.59. The van der Waals surface area contributed by atoms with Crippen LogP contribution in [0.15, 0.2) is 97.2 Å². The fraction of sp³-hybridized carbons (Fsp3) is 0.795. The van der Waals surface area contributed by atoms with Gasteiger partial charge in [-0.05, 0) is 154 Å². The summed E-state index contributed by atoms with van der Waals surface area (Å²) < 4.78 is 25.9. The standard InChI is InChI=1S/C78H142O4S2/c1-5-9-13-17-21-25-29-33-37-41-45-49-53-57-61-65-69-79-73-77(81-71-67-63-59-55-51-47-43-39-35-31-27-23-19-15-11-7-3)75-83-84-76-78(82-72-68-64-60-56-52-48-44-40-36-32-28-24-20-16-12-8-4)74-80-70-66-62-58-54-50-46-42-38-34-30-26-22-18-14-10-6-2/h21-28,33-40,77-78H,5-20,29-32,41-76H2,1-4H3/b25-21-,26-22-,27-23-,28-24-,37-33-,38-34-,39-35-,40-36-. The van der Waals surface area contributed by atoms with Crippen LogP contribution in [0.4, 0.5) is 0 Å². The van der Waals surface area contributed by atoms with E-state index in [1.165, 1.54) is 257 Å². The lowest BCUT2D eigenvalue weighted by molar-refractivity contribution is -0.00649. The van der Waals surface area contributed by atoms with E-state index in [0.717, 1.165) is 89.3 Å². The molecule has 0 aromatic rings. The molecular weight excluding hydrogens is 1060 g/mol. The maximum Gasteiger partial charge on any atom is 0.0906 e. The first-order valence-corrected chi connectivity index (χ1v) is 39.1. The zero-order valence-corrected chi connectivity index (χ0v) is 58.1. The van der Waals surface area contributed by atoms with E-state index in [1.54, 1.807) is 0 Å². The molecule has 0 N–H and O–H groups in total. The monoisotopic (exact) mass is 1210 g/mol. The highest BCUT2D eigenvalue weighted by Gasteiger charge is 2.14. The smallest absolute Gasteiger partial charge is 0.0906 e. The molecule has 6 heteroatoms. The summed E-state index contributed by atoms with van der Waals surface area (Å²) in [6, 6.07) is 0. The summed E-state index contributed by atoms with van der Waals surface area (Å²) in [7, 11) is 3.89. The van der Waals surface area contributed by atoms with Crippen LogP contribution in [-0.2, 0) is 18.9 Å². The van der Waals surface area contributed by atoms with Gasteiger partial charge in [-0.15, -0.1) is 0 Å². The zero-order chi connectivity index (χ0) is 60.3. The Kier molecular flexibility index (Phi) is 76.1. The molecule has 0 aliphatic heterocycles. The quantitative estimate of drug-likeness (QED) is 0.0343. The summed E-state index contributed by atoms with van der Waals surface area (Å²) in [6.45, 7) is 13.8. The average Bonchev–Trinajstić information content (AvgIpc) is 3.50. The Balaban J connectivity index is 4.93. The Morgan fingerprint density at radius 2 is 0.429 bits per heavy atom. The summed E-state index contributed by atoms with van der Waals surface area (Å²) >= 11 is 0. The summed E-state index contributed by atoms with van der Waals surface area (Å²) in [6.07, 6.45) is 98.9. The fourth-order valence-corrected chi connectivity index (χ4v) is 12.4. The lowest BCUT2D eigenvalue weighted by Gasteiger charge is -2.20. The normalized spacial score (nSPS) is 13.3. The second-order valence-electron chi connectivity index (χ2n) is 24.0. The van der Waals surface area contributed by atoms with Gasteiger partial charge in [0.1, 0.15) is 0 Å². The summed E-state index contributed by atoms with van der Waals surface area (Å²) in [5.41, 5.74) is 0. The second-order valence-corrected chi connectivity index (χ2v) is 26.6. The predicted octanol–water partition coefficient (Wildman–Crippen LogP) is 26.4. The molecule has 0 amide bonds. The highest BCUT2D eigenvalue weighted by atomic mass is 33.1. The molecule has 0 saturated carbocycles. The number of hydrogen-bond donors (Lipinski definition) is 0. The van der Waals surface area contributed by atoms with Crippen LogP contribution in [0.25, 0.3) is 0 Å². The van der Waals surface area contributed by atoms with Gasteiger partial charge in [0.15, 0.2) is 0 Å². The van der Waals surface area contributed by atoms with Gasteiger partial charge in [-0.3, -0.25) is 0 Å². The van der Waals surface area contributed by atoms with E-state index in [0.29, 0.717) is 13.2 Å². The van der Waals surface area contributed by atoms with Crippen molar-refractivity contribution in [3.8, 4) is 0 Å². The minimum Gasteiger partial charge on any atom is -0.379 e. The molecule has 490 valence electrons. The van der Waals surface area contributed by atoms with Crippen molar-refractivity contribution in [2.24, 2.45) is 0 Å². The van der Waals surface area contributed by atoms with Gasteiger partial charge < -0.3 is 18.9 Å². The highest BCUT2D eigenvalue weighted by Crippen LogP contribution is 2.26. The SMILES string of the molecule is CCCCC/C=C\C/C=C\CCCCCCCCOCC(CSSCC(COCCCCCCCC/C=C\C/C=C\CCCCC)OCCCCCCCC/C=C\C/C=C\CCCCC)OCCCCCCCC/C=C\C/C=C\CCCCC. The van der Waals surface area contributed by atoms with Crippen molar-refractivity contribution >= 4 is 21.6 Å². The number of hydrogen-bond acceptors (Lipinski definition) is 6. The van der Waals surface area contributed by atoms with Gasteiger partial charge in [-0.25, -0.2) is 0 Å². The molecule has 2 atom stereocenters. The van der Waals surface area contributed by atoms with Gasteiger partial charge in [0, 0.05) is 37.9 Å². The summed E-state index contributed by atoms with van der Waals surface area (Å²) in [4.78, 5) is 0. The van der Waals surface area contributed by atoms with E-state index in [9.17, 15) is 0 Å². The van der Waals surface area contributed by atoms with E-state index in [4.69, 9.17) is 18.9 Å². The molecule has 0 aliphatic carbocycles. The molecule has 4 nitrogen and oxygen atoms in total. The fourth-order valence-electron chi connectivity index (χ4n) is 10.0. The third kappa shape index (κ3) is 72.9. The van der Waals surface area contributed by atoms with Crippen molar-refractivity contribution < 1.29 is 18.9 Å². The molecule has 0 aromatic heterocycles. The van der Waals surface area contributed by atoms with Gasteiger partial charge >= 0.3 is 0 Å². The van der Waals surface area contributed by atoms with E-state index >= 15 is 0 Å². The van der Waals surface area contributed by atoms with E-state index < -0.39 is 0 Å². The minimum atomic E-state index is 0.128. The van der Waals surface area contributed by atoms with E-state index in [2.05, 4.69) is 125 Å². The average molecular weight is 1210 g/mol. The highest BCUT2D eigenvalue weighted by molar-refractivity contribution is 8.76. The number of ether oxygens (including phenoxy) is 4. The van der Waals surface area contributed by atoms with Gasteiger partial charge in [-0.1, -0.05) is 301 Å². The van der Waals surface area contributed by atoms with Crippen LogP contribution in [0.1, 0.15) is 336 Å². The van der Waals surface area contributed by atoms with Crippen LogP contribution in [-0.4, -0.2) is 63.4 Å². The molecule has 2 unspecified atom stereocenters. The third-order valence-electron chi connectivity index (χ3n) is 15.6. The largest absolute Gasteiger partial charge is 0.379 e.